The van der Waals surface area contributed by atoms with Crippen LogP contribution in [0.15, 0.2) is 36.5 Å². The second-order valence-corrected chi connectivity index (χ2v) is 8.22. The number of nitrogens with zero attached hydrogens (tertiary/aromatic N) is 1. The van der Waals surface area contributed by atoms with Crippen LogP contribution in [0.25, 0.3) is 11.3 Å². The first-order valence-corrected chi connectivity index (χ1v) is 8.97. The third kappa shape index (κ3) is 3.34. The molecule has 122 valence electrons. The molecule has 0 unspecified atom stereocenters. The van der Waals surface area contributed by atoms with Gasteiger partial charge in [-0.25, -0.2) is 4.57 Å². The minimum atomic E-state index is 0.191. The first kappa shape index (κ1) is 16.2. The molecule has 1 aromatic heterocycles. The van der Waals surface area contributed by atoms with Gasteiger partial charge in [0.25, 0.3) is 0 Å². The molecule has 0 radical (unpaired) electrons. The first-order chi connectivity index (χ1) is 10.9. The molecule has 1 nitrogen and oxygen atoms in total. The van der Waals surface area contributed by atoms with E-state index < -0.39 is 0 Å². The summed E-state index contributed by atoms with van der Waals surface area (Å²) in [7, 11) is 2.17. The van der Waals surface area contributed by atoms with Crippen molar-refractivity contribution in [3.63, 3.8) is 0 Å². The summed E-state index contributed by atoms with van der Waals surface area (Å²) in [6.07, 6.45) is 7.79. The van der Waals surface area contributed by atoms with Crippen LogP contribution in [0.2, 0.25) is 0 Å². The van der Waals surface area contributed by atoms with Gasteiger partial charge in [-0.1, -0.05) is 45.7 Å². The van der Waals surface area contributed by atoms with Gasteiger partial charge >= 0.3 is 0 Å². The van der Waals surface area contributed by atoms with Crippen molar-refractivity contribution in [3.05, 3.63) is 53.2 Å². The average Bonchev–Trinajstić information content (AvgIpc) is 3.01. The van der Waals surface area contributed by atoms with E-state index in [-0.39, 0.29) is 5.41 Å². The van der Waals surface area contributed by atoms with E-state index in [1.54, 1.807) is 0 Å². The molecule has 1 heterocycles. The summed E-state index contributed by atoms with van der Waals surface area (Å²) in [6, 6.07) is 11.7. The van der Waals surface area contributed by atoms with Gasteiger partial charge in [-0.15, -0.1) is 0 Å². The minimum Gasteiger partial charge on any atom is -0.201 e. The van der Waals surface area contributed by atoms with E-state index in [2.05, 4.69) is 75.8 Å². The SMILES string of the molecule is Cc1ccc(C2CCCC2)cc1-c1ccc(C(C)(C)C)c[n+]1C. The topological polar surface area (TPSA) is 3.88 Å². The fourth-order valence-corrected chi connectivity index (χ4v) is 3.76. The number of hydrogen-bond acceptors (Lipinski definition) is 0. The highest BCUT2D eigenvalue weighted by Crippen LogP contribution is 2.36. The van der Waals surface area contributed by atoms with Crippen molar-refractivity contribution in [2.45, 2.75) is 64.7 Å². The first-order valence-electron chi connectivity index (χ1n) is 8.97. The Labute approximate surface area is 141 Å². The predicted molar refractivity (Wildman–Crippen MR) is 97.7 cm³/mol. The maximum Gasteiger partial charge on any atom is 0.212 e. The summed E-state index contributed by atoms with van der Waals surface area (Å²) in [4.78, 5) is 0. The lowest BCUT2D eigenvalue weighted by atomic mass is 9.87. The molecule has 1 aromatic carbocycles. The van der Waals surface area contributed by atoms with Crippen LogP contribution < -0.4 is 4.57 Å². The van der Waals surface area contributed by atoms with Gasteiger partial charge < -0.3 is 0 Å². The zero-order valence-corrected chi connectivity index (χ0v) is 15.3. The second kappa shape index (κ2) is 6.11. The predicted octanol–water partition coefficient (Wildman–Crippen LogP) is 5.44. The standard InChI is InChI=1S/C22H30N/c1-16-10-11-18(17-8-6-7-9-17)14-20(16)21-13-12-19(15-23(21)5)22(2,3)4/h10-15,17H,6-9H2,1-5H3/q+1. The van der Waals surface area contributed by atoms with Gasteiger partial charge in [-0.3, -0.25) is 0 Å². The van der Waals surface area contributed by atoms with Crippen molar-refractivity contribution in [3.8, 4) is 11.3 Å². The summed E-state index contributed by atoms with van der Waals surface area (Å²) in [5, 5.41) is 0. The Morgan fingerprint density at radius 1 is 1.00 bits per heavy atom. The highest BCUT2D eigenvalue weighted by atomic mass is 14.9. The van der Waals surface area contributed by atoms with E-state index in [9.17, 15) is 0 Å². The van der Waals surface area contributed by atoms with Crippen LogP contribution in [0.4, 0.5) is 0 Å². The summed E-state index contributed by atoms with van der Waals surface area (Å²) in [5.74, 6) is 0.772. The van der Waals surface area contributed by atoms with Crippen LogP contribution in [0.3, 0.4) is 0 Å². The maximum atomic E-state index is 2.44. The molecule has 0 bridgehead atoms. The van der Waals surface area contributed by atoms with Gasteiger partial charge in [0.1, 0.15) is 7.05 Å². The van der Waals surface area contributed by atoms with Crippen molar-refractivity contribution >= 4 is 0 Å². The minimum absolute atomic E-state index is 0.191. The monoisotopic (exact) mass is 308 g/mol. The molecule has 1 saturated carbocycles. The quantitative estimate of drug-likeness (QED) is 0.650. The van der Waals surface area contributed by atoms with Crippen LogP contribution >= 0.6 is 0 Å². The molecule has 0 spiro atoms. The van der Waals surface area contributed by atoms with Crippen LogP contribution in [-0.4, -0.2) is 0 Å². The zero-order valence-electron chi connectivity index (χ0n) is 15.3. The van der Waals surface area contributed by atoms with Crippen molar-refractivity contribution in [1.29, 1.82) is 0 Å². The molecule has 1 aliphatic rings. The van der Waals surface area contributed by atoms with Gasteiger partial charge in [0, 0.05) is 17.2 Å². The molecular formula is C22H30N+. The molecule has 0 amide bonds. The number of aromatic nitrogens is 1. The molecule has 0 saturated heterocycles. The van der Waals surface area contributed by atoms with Gasteiger partial charge in [0.15, 0.2) is 6.20 Å². The zero-order chi connectivity index (χ0) is 16.6. The lowest BCUT2D eigenvalue weighted by molar-refractivity contribution is -0.661. The summed E-state index contributed by atoms with van der Waals surface area (Å²) < 4.78 is 2.29. The molecule has 0 N–H and O–H groups in total. The lowest BCUT2D eigenvalue weighted by Crippen LogP contribution is -2.33. The largest absolute Gasteiger partial charge is 0.212 e. The van der Waals surface area contributed by atoms with E-state index >= 15 is 0 Å². The summed E-state index contributed by atoms with van der Waals surface area (Å²) in [5.41, 5.74) is 7.17. The lowest BCUT2D eigenvalue weighted by Gasteiger charge is -2.18. The summed E-state index contributed by atoms with van der Waals surface area (Å²) in [6.45, 7) is 9.04. The molecule has 0 atom stereocenters. The maximum absolute atomic E-state index is 2.44. The van der Waals surface area contributed by atoms with E-state index in [4.69, 9.17) is 0 Å². The smallest absolute Gasteiger partial charge is 0.201 e. The Bertz CT molecular complexity index is 700. The Hall–Kier alpha value is -1.63. The van der Waals surface area contributed by atoms with Crippen molar-refractivity contribution < 1.29 is 4.57 Å². The van der Waals surface area contributed by atoms with Crippen LogP contribution in [0.1, 0.15) is 69.1 Å². The highest BCUT2D eigenvalue weighted by Gasteiger charge is 2.22. The molecule has 2 aromatic rings. The van der Waals surface area contributed by atoms with Gasteiger partial charge in [0.05, 0.1) is 0 Å². The molecule has 23 heavy (non-hydrogen) atoms. The Morgan fingerprint density at radius 3 is 2.30 bits per heavy atom. The number of pyridine rings is 1. The molecule has 3 rings (SSSR count). The van der Waals surface area contributed by atoms with E-state index in [1.807, 2.05) is 0 Å². The van der Waals surface area contributed by atoms with Crippen molar-refractivity contribution in [1.82, 2.24) is 0 Å². The van der Waals surface area contributed by atoms with Crippen LogP contribution in [0.5, 0.6) is 0 Å². The number of hydrogen-bond donors (Lipinski definition) is 0. The number of aryl methyl sites for hydroxylation is 2. The molecule has 1 fully saturated rings. The average molecular weight is 308 g/mol. The van der Waals surface area contributed by atoms with Gasteiger partial charge in [-0.05, 0) is 54.4 Å². The van der Waals surface area contributed by atoms with Crippen molar-refractivity contribution in [2.75, 3.05) is 0 Å². The fraction of sp³-hybridized carbons (Fsp3) is 0.500. The van der Waals surface area contributed by atoms with E-state index in [0.717, 1.165) is 5.92 Å². The van der Waals surface area contributed by atoms with Crippen LogP contribution in [0, 0.1) is 6.92 Å². The normalized spacial score (nSPS) is 16.0. The van der Waals surface area contributed by atoms with Crippen molar-refractivity contribution in [2.24, 2.45) is 7.05 Å². The fourth-order valence-electron chi connectivity index (χ4n) is 3.76. The van der Waals surface area contributed by atoms with E-state index in [0.29, 0.717) is 0 Å². The van der Waals surface area contributed by atoms with E-state index in [1.165, 1.54) is 53.6 Å². The highest BCUT2D eigenvalue weighted by molar-refractivity contribution is 5.62. The number of rotatable bonds is 2. The molecule has 1 heteroatoms. The molecule has 0 aliphatic heterocycles. The van der Waals surface area contributed by atoms with Gasteiger partial charge in [0.2, 0.25) is 5.69 Å². The Morgan fingerprint density at radius 2 is 1.70 bits per heavy atom. The third-order valence-electron chi connectivity index (χ3n) is 5.36. The summed E-state index contributed by atoms with van der Waals surface area (Å²) >= 11 is 0. The molecule has 1 aliphatic carbocycles. The Balaban J connectivity index is 2.02. The number of benzene rings is 1. The molecular weight excluding hydrogens is 278 g/mol. The third-order valence-corrected chi connectivity index (χ3v) is 5.36. The van der Waals surface area contributed by atoms with Crippen LogP contribution in [-0.2, 0) is 12.5 Å². The van der Waals surface area contributed by atoms with Gasteiger partial charge in [-0.2, -0.15) is 0 Å². The second-order valence-electron chi connectivity index (χ2n) is 8.22. The Kier molecular flexibility index (Phi) is 4.31.